The molecule has 96 valence electrons. The quantitative estimate of drug-likeness (QED) is 0.636. The van der Waals surface area contributed by atoms with Crippen molar-refractivity contribution in [3.05, 3.63) is 53.7 Å². The maximum atomic E-state index is 13.5. The maximum Gasteiger partial charge on any atom is 0.149 e. The van der Waals surface area contributed by atoms with Crippen LogP contribution in [0.2, 0.25) is 0 Å². The molecule has 0 fully saturated rings. The number of anilines is 1. The van der Waals surface area contributed by atoms with Gasteiger partial charge in [0.05, 0.1) is 0 Å². The van der Waals surface area contributed by atoms with Crippen LogP contribution in [-0.4, -0.2) is 4.98 Å². The summed E-state index contributed by atoms with van der Waals surface area (Å²) in [4.78, 5) is 3.13. The number of hydrogen-bond acceptors (Lipinski definition) is 1. The van der Waals surface area contributed by atoms with Crippen LogP contribution in [0.15, 0.2) is 36.5 Å². The van der Waals surface area contributed by atoms with Crippen molar-refractivity contribution in [1.82, 2.24) is 4.98 Å². The second kappa shape index (κ2) is 4.09. The van der Waals surface area contributed by atoms with Crippen LogP contribution < -0.4 is 5.73 Å². The average Bonchev–Trinajstić information content (AvgIpc) is 2.77. The lowest BCUT2D eigenvalue weighted by Crippen LogP contribution is -1.96. The fourth-order valence-corrected chi connectivity index (χ4v) is 2.19. The van der Waals surface area contributed by atoms with E-state index in [1.54, 1.807) is 0 Å². The molecule has 0 aliphatic heterocycles. The van der Waals surface area contributed by atoms with Crippen molar-refractivity contribution < 1.29 is 8.78 Å². The summed E-state index contributed by atoms with van der Waals surface area (Å²) < 4.78 is 27.0. The van der Waals surface area contributed by atoms with Crippen molar-refractivity contribution in [2.45, 2.75) is 6.92 Å². The van der Waals surface area contributed by atoms with Gasteiger partial charge in [-0.15, -0.1) is 0 Å². The Kier molecular flexibility index (Phi) is 2.52. The van der Waals surface area contributed by atoms with Crippen molar-refractivity contribution in [1.29, 1.82) is 0 Å². The molecule has 0 spiro atoms. The molecule has 0 aliphatic carbocycles. The van der Waals surface area contributed by atoms with Crippen LogP contribution in [0.3, 0.4) is 0 Å². The van der Waals surface area contributed by atoms with Crippen molar-refractivity contribution in [3.8, 4) is 11.1 Å². The highest BCUT2D eigenvalue weighted by Gasteiger charge is 2.10. The number of hydrogen-bond donors (Lipinski definition) is 2. The second-order valence-corrected chi connectivity index (χ2v) is 4.59. The third-order valence-electron chi connectivity index (χ3n) is 3.30. The van der Waals surface area contributed by atoms with Crippen LogP contribution in [0.5, 0.6) is 0 Å². The highest BCUT2D eigenvalue weighted by Crippen LogP contribution is 2.29. The van der Waals surface area contributed by atoms with E-state index in [0.717, 1.165) is 22.0 Å². The van der Waals surface area contributed by atoms with Crippen LogP contribution in [-0.2, 0) is 0 Å². The molecular weight excluding hydrogens is 246 g/mol. The van der Waals surface area contributed by atoms with Gasteiger partial charge in [-0.05, 0) is 47.9 Å². The van der Waals surface area contributed by atoms with E-state index in [0.29, 0.717) is 5.56 Å². The Bertz CT molecular complexity index is 752. The summed E-state index contributed by atoms with van der Waals surface area (Å²) in [6.45, 7) is 1.98. The number of nitrogens with one attached hydrogen (secondary N) is 1. The molecule has 0 aliphatic rings. The van der Waals surface area contributed by atoms with E-state index in [1.807, 2.05) is 31.3 Å². The van der Waals surface area contributed by atoms with Gasteiger partial charge in [-0.3, -0.25) is 0 Å². The average molecular weight is 258 g/mol. The largest absolute Gasteiger partial charge is 0.394 e. The summed E-state index contributed by atoms with van der Waals surface area (Å²) in [5.41, 5.74) is 8.15. The molecule has 19 heavy (non-hydrogen) atoms. The first-order valence-electron chi connectivity index (χ1n) is 5.89. The van der Waals surface area contributed by atoms with Gasteiger partial charge in [0, 0.05) is 17.1 Å². The summed E-state index contributed by atoms with van der Waals surface area (Å²) in [6.07, 6.45) is 1.90. The number of H-pyrrole nitrogens is 1. The molecule has 0 amide bonds. The van der Waals surface area contributed by atoms with E-state index in [1.165, 1.54) is 12.1 Å². The van der Waals surface area contributed by atoms with E-state index in [2.05, 4.69) is 4.98 Å². The first-order valence-corrected chi connectivity index (χ1v) is 5.89. The maximum absolute atomic E-state index is 13.5. The molecule has 3 N–H and O–H groups in total. The fourth-order valence-electron chi connectivity index (χ4n) is 2.19. The predicted molar refractivity (Wildman–Crippen MR) is 72.8 cm³/mol. The summed E-state index contributed by atoms with van der Waals surface area (Å²) in [5.74, 6) is -1.47. The van der Waals surface area contributed by atoms with Gasteiger partial charge >= 0.3 is 0 Å². The van der Waals surface area contributed by atoms with Crippen LogP contribution in [0.1, 0.15) is 5.56 Å². The second-order valence-electron chi connectivity index (χ2n) is 4.59. The zero-order chi connectivity index (χ0) is 13.6. The van der Waals surface area contributed by atoms with Crippen molar-refractivity contribution >= 4 is 16.6 Å². The third kappa shape index (κ3) is 1.85. The Balaban J connectivity index is 2.21. The van der Waals surface area contributed by atoms with Crippen LogP contribution in [0, 0.1) is 18.6 Å². The summed E-state index contributed by atoms with van der Waals surface area (Å²) >= 11 is 0. The van der Waals surface area contributed by atoms with Gasteiger partial charge in [-0.25, -0.2) is 8.78 Å². The van der Waals surface area contributed by atoms with Gasteiger partial charge in [-0.1, -0.05) is 6.07 Å². The third-order valence-corrected chi connectivity index (χ3v) is 3.30. The lowest BCUT2D eigenvalue weighted by Gasteiger charge is -2.06. The number of aromatic nitrogens is 1. The predicted octanol–water partition coefficient (Wildman–Crippen LogP) is 4.00. The van der Waals surface area contributed by atoms with Gasteiger partial charge in [0.2, 0.25) is 0 Å². The molecule has 2 aromatic carbocycles. The zero-order valence-corrected chi connectivity index (χ0v) is 10.3. The SMILES string of the molecule is Cc1c[nH]c2ccc(-c3cc(F)c(N)c(F)c3)cc12. The molecule has 0 radical (unpaired) electrons. The molecule has 1 aromatic heterocycles. The number of halogens is 2. The van der Waals surface area contributed by atoms with Gasteiger partial charge in [-0.2, -0.15) is 0 Å². The number of aryl methyl sites for hydroxylation is 1. The number of rotatable bonds is 1. The number of fused-ring (bicyclic) bond motifs is 1. The Morgan fingerprint density at radius 1 is 1.00 bits per heavy atom. The number of nitrogen functional groups attached to an aromatic ring is 1. The van der Waals surface area contributed by atoms with Crippen molar-refractivity contribution in [2.75, 3.05) is 5.73 Å². The summed E-state index contributed by atoms with van der Waals surface area (Å²) in [7, 11) is 0. The number of aromatic amines is 1. The van der Waals surface area contributed by atoms with Gasteiger partial charge in [0.25, 0.3) is 0 Å². The van der Waals surface area contributed by atoms with Crippen molar-refractivity contribution in [3.63, 3.8) is 0 Å². The van der Waals surface area contributed by atoms with E-state index < -0.39 is 17.3 Å². The topological polar surface area (TPSA) is 41.8 Å². The molecular formula is C15H12F2N2. The molecule has 0 saturated heterocycles. The van der Waals surface area contributed by atoms with Crippen LogP contribution >= 0.6 is 0 Å². The first kappa shape index (κ1) is 11.7. The van der Waals surface area contributed by atoms with E-state index >= 15 is 0 Å². The highest BCUT2D eigenvalue weighted by molar-refractivity contribution is 5.87. The minimum absolute atomic E-state index is 0.442. The number of benzene rings is 2. The van der Waals surface area contributed by atoms with Crippen LogP contribution in [0.4, 0.5) is 14.5 Å². The molecule has 0 unspecified atom stereocenters. The summed E-state index contributed by atoms with van der Waals surface area (Å²) in [5, 5.41) is 1.04. The molecule has 3 aromatic rings. The molecule has 0 saturated carbocycles. The molecule has 4 heteroatoms. The number of nitrogens with two attached hydrogens (primary N) is 1. The van der Waals surface area contributed by atoms with Crippen molar-refractivity contribution in [2.24, 2.45) is 0 Å². The molecule has 0 atom stereocenters. The smallest absolute Gasteiger partial charge is 0.149 e. The molecule has 0 bridgehead atoms. The van der Waals surface area contributed by atoms with E-state index in [4.69, 9.17) is 5.73 Å². The Morgan fingerprint density at radius 3 is 2.37 bits per heavy atom. The standard InChI is InChI=1S/C15H12F2N2/c1-8-7-19-14-3-2-9(4-11(8)14)10-5-12(16)15(18)13(17)6-10/h2-7,19H,18H2,1H3. The lowest BCUT2D eigenvalue weighted by atomic mass is 10.0. The monoisotopic (exact) mass is 258 g/mol. The first-order chi connectivity index (χ1) is 9.06. The van der Waals surface area contributed by atoms with E-state index in [9.17, 15) is 8.78 Å². The minimum Gasteiger partial charge on any atom is -0.394 e. The lowest BCUT2D eigenvalue weighted by molar-refractivity contribution is 0.592. The van der Waals surface area contributed by atoms with Gasteiger partial charge < -0.3 is 10.7 Å². The molecule has 3 rings (SSSR count). The van der Waals surface area contributed by atoms with E-state index in [-0.39, 0.29) is 0 Å². The van der Waals surface area contributed by atoms with Gasteiger partial charge in [0.1, 0.15) is 17.3 Å². The molecule has 1 heterocycles. The summed E-state index contributed by atoms with van der Waals surface area (Å²) in [6, 6.07) is 8.13. The Hall–Kier alpha value is -2.36. The minimum atomic E-state index is -0.735. The van der Waals surface area contributed by atoms with Gasteiger partial charge in [0.15, 0.2) is 0 Å². The highest BCUT2D eigenvalue weighted by atomic mass is 19.1. The van der Waals surface area contributed by atoms with Crippen LogP contribution in [0.25, 0.3) is 22.0 Å². The normalized spacial score (nSPS) is 11.1. The Labute approximate surface area is 108 Å². The molecule has 2 nitrogen and oxygen atoms in total. The fraction of sp³-hybridized carbons (Fsp3) is 0.0667. The Morgan fingerprint density at radius 2 is 1.68 bits per heavy atom. The zero-order valence-electron chi connectivity index (χ0n) is 10.3.